The summed E-state index contributed by atoms with van der Waals surface area (Å²) in [6.07, 6.45) is 0.282. The number of amides is 2. The van der Waals surface area contributed by atoms with Crippen LogP contribution in [-0.4, -0.2) is 28.5 Å². The Bertz CT molecular complexity index is 363. The van der Waals surface area contributed by atoms with Crippen LogP contribution in [0.3, 0.4) is 0 Å². The Kier molecular flexibility index (Phi) is 9.80. The normalized spacial score (nSPS) is 11.5. The van der Waals surface area contributed by atoms with Crippen LogP contribution in [0.5, 0.6) is 0 Å². The first-order chi connectivity index (χ1) is 8.90. The van der Waals surface area contributed by atoms with Crippen LogP contribution in [-0.2, 0) is 19.2 Å². The van der Waals surface area contributed by atoms with E-state index in [1.807, 2.05) is 0 Å². The first-order valence-electron chi connectivity index (χ1n) is 5.42. The summed E-state index contributed by atoms with van der Waals surface area (Å²) in [5.41, 5.74) is 0. The van der Waals surface area contributed by atoms with E-state index in [4.69, 9.17) is 0 Å². The molecule has 0 aliphatic heterocycles. The lowest BCUT2D eigenvalue weighted by molar-refractivity contribution is -0.128. The van der Waals surface area contributed by atoms with E-state index in [2.05, 4.69) is 35.1 Å². The largest absolute Gasteiger partial charge is 0.303 e. The maximum Gasteiger partial charge on any atom is 0.233 e. The summed E-state index contributed by atoms with van der Waals surface area (Å²) in [6, 6.07) is 0. The number of Topliss-reactive ketones (excluding diaryl/α,β-unsaturated/α-hetero) is 1. The van der Waals surface area contributed by atoms with Gasteiger partial charge in [0.15, 0.2) is 5.12 Å². The average Bonchev–Trinajstić information content (AvgIpc) is 2.39. The van der Waals surface area contributed by atoms with Crippen LogP contribution in [0.1, 0.15) is 26.2 Å². The molecule has 0 aromatic rings. The number of thiol groups is 2. The zero-order chi connectivity index (χ0) is 14.8. The van der Waals surface area contributed by atoms with Gasteiger partial charge in [0.1, 0.15) is 5.78 Å². The molecule has 0 aromatic carbocycles. The minimum Gasteiger partial charge on any atom is -0.303 e. The third-order valence-electron chi connectivity index (χ3n) is 2.24. The molecule has 6 nitrogen and oxygen atoms in total. The number of ketones is 1. The fraction of sp³-hybridized carbons (Fsp3) is 0.600. The fourth-order valence-corrected chi connectivity index (χ4v) is 2.07. The fourth-order valence-electron chi connectivity index (χ4n) is 1.29. The van der Waals surface area contributed by atoms with Gasteiger partial charge in [-0.1, -0.05) is 37.4 Å². The molecular formula is C10H16N2O4S3. The van der Waals surface area contributed by atoms with Crippen LogP contribution < -0.4 is 9.44 Å². The monoisotopic (exact) mass is 324 g/mol. The van der Waals surface area contributed by atoms with E-state index in [0.717, 1.165) is 11.8 Å². The summed E-state index contributed by atoms with van der Waals surface area (Å²) < 4.78 is 4.30. The highest BCUT2D eigenvalue weighted by Crippen LogP contribution is 2.15. The molecular weight excluding hydrogens is 308 g/mol. The van der Waals surface area contributed by atoms with Crippen molar-refractivity contribution in [1.29, 1.82) is 0 Å². The number of hydrogen-bond acceptors (Lipinski definition) is 7. The van der Waals surface area contributed by atoms with Crippen molar-refractivity contribution >= 4 is 60.1 Å². The molecule has 2 N–H and O–H groups in total. The van der Waals surface area contributed by atoms with Crippen molar-refractivity contribution in [2.24, 2.45) is 5.92 Å². The second-order valence-corrected chi connectivity index (χ2v) is 5.37. The molecule has 0 radical (unpaired) electrons. The maximum absolute atomic E-state index is 11.6. The third-order valence-corrected chi connectivity index (χ3v) is 3.58. The zero-order valence-electron chi connectivity index (χ0n) is 10.3. The van der Waals surface area contributed by atoms with Crippen molar-refractivity contribution in [3.63, 3.8) is 0 Å². The number of hydrogen-bond donors (Lipinski definition) is 4. The first kappa shape index (κ1) is 18.3. The van der Waals surface area contributed by atoms with Crippen LogP contribution in [0.4, 0.5) is 0 Å². The van der Waals surface area contributed by atoms with Crippen LogP contribution in [0.2, 0.25) is 0 Å². The van der Waals surface area contributed by atoms with Gasteiger partial charge in [-0.25, -0.2) is 0 Å². The van der Waals surface area contributed by atoms with Crippen LogP contribution in [0.25, 0.3) is 0 Å². The molecule has 0 fully saturated rings. The summed E-state index contributed by atoms with van der Waals surface area (Å²) >= 11 is 8.14. The summed E-state index contributed by atoms with van der Waals surface area (Å²) in [7, 11) is 0. The highest BCUT2D eigenvalue weighted by atomic mass is 32.2. The van der Waals surface area contributed by atoms with Gasteiger partial charge in [0.05, 0.1) is 5.75 Å². The Balaban J connectivity index is 4.34. The Labute approximate surface area is 126 Å². The summed E-state index contributed by atoms with van der Waals surface area (Å²) in [4.78, 5) is 44.9. The molecule has 0 spiro atoms. The molecule has 2 amide bonds. The quantitative estimate of drug-likeness (QED) is 0.489. The lowest BCUT2D eigenvalue weighted by atomic mass is 9.96. The number of nitrogens with one attached hydrogen (secondary N) is 2. The molecule has 0 aliphatic carbocycles. The van der Waals surface area contributed by atoms with Gasteiger partial charge in [0.2, 0.25) is 11.8 Å². The number of carbonyl (C=O) groups is 4. The molecule has 108 valence electrons. The van der Waals surface area contributed by atoms with Crippen molar-refractivity contribution < 1.29 is 19.2 Å². The molecule has 0 heterocycles. The van der Waals surface area contributed by atoms with Gasteiger partial charge in [0.25, 0.3) is 0 Å². The lowest BCUT2D eigenvalue weighted by Gasteiger charge is -2.13. The van der Waals surface area contributed by atoms with Crippen molar-refractivity contribution in [3.05, 3.63) is 0 Å². The summed E-state index contributed by atoms with van der Waals surface area (Å²) in [5, 5.41) is -0.155. The Morgan fingerprint density at radius 2 is 1.79 bits per heavy atom. The third kappa shape index (κ3) is 8.95. The molecule has 0 bridgehead atoms. The number of thioether (sulfide) groups is 1. The van der Waals surface area contributed by atoms with E-state index in [-0.39, 0.29) is 41.8 Å². The molecule has 0 rings (SSSR count). The Hall–Kier alpha value is -0.670. The molecule has 0 saturated carbocycles. The van der Waals surface area contributed by atoms with E-state index in [1.54, 1.807) is 0 Å². The van der Waals surface area contributed by atoms with E-state index < -0.39 is 11.8 Å². The van der Waals surface area contributed by atoms with Gasteiger partial charge in [-0.05, 0) is 6.42 Å². The zero-order valence-corrected chi connectivity index (χ0v) is 12.9. The molecule has 1 atom stereocenters. The van der Waals surface area contributed by atoms with Crippen molar-refractivity contribution in [2.75, 3.05) is 5.75 Å². The second kappa shape index (κ2) is 10.2. The smallest absolute Gasteiger partial charge is 0.233 e. The summed E-state index contributed by atoms with van der Waals surface area (Å²) in [6.45, 7) is 1.37. The van der Waals surface area contributed by atoms with Gasteiger partial charge in [-0.15, -0.1) is 0 Å². The van der Waals surface area contributed by atoms with E-state index >= 15 is 0 Å². The SMILES string of the molecule is CC(=O)SCC(=O)CC(CCC(=O)NS)C(=O)NS. The highest BCUT2D eigenvalue weighted by molar-refractivity contribution is 8.14. The van der Waals surface area contributed by atoms with Gasteiger partial charge in [-0.3, -0.25) is 19.2 Å². The average molecular weight is 324 g/mol. The lowest BCUT2D eigenvalue weighted by Crippen LogP contribution is -2.28. The number of rotatable bonds is 8. The van der Waals surface area contributed by atoms with Crippen LogP contribution in [0, 0.1) is 5.92 Å². The first-order valence-corrected chi connectivity index (χ1v) is 7.30. The second-order valence-electron chi connectivity index (χ2n) is 3.77. The van der Waals surface area contributed by atoms with Crippen molar-refractivity contribution in [3.8, 4) is 0 Å². The van der Waals surface area contributed by atoms with Gasteiger partial charge in [0, 0.05) is 25.7 Å². The highest BCUT2D eigenvalue weighted by Gasteiger charge is 2.22. The summed E-state index contributed by atoms with van der Waals surface area (Å²) in [5.74, 6) is -1.57. The van der Waals surface area contributed by atoms with E-state index in [9.17, 15) is 19.2 Å². The Morgan fingerprint density at radius 1 is 1.16 bits per heavy atom. The molecule has 0 saturated heterocycles. The minimum atomic E-state index is -0.636. The van der Waals surface area contributed by atoms with Crippen LogP contribution >= 0.6 is 37.4 Å². The molecule has 0 aliphatic rings. The predicted octanol–water partition coefficient (Wildman–Crippen LogP) is 0.544. The standard InChI is InChI=1S/C10H16N2O4S3/c1-6(13)19-5-8(14)4-7(10(16)12-18)2-3-9(15)11-17/h7,17-18H,2-5H2,1H3,(H,11,15)(H,12,16). The number of carbonyl (C=O) groups excluding carboxylic acids is 4. The predicted molar refractivity (Wildman–Crippen MR) is 79.7 cm³/mol. The topological polar surface area (TPSA) is 92.3 Å². The molecule has 19 heavy (non-hydrogen) atoms. The van der Waals surface area contributed by atoms with E-state index in [0.29, 0.717) is 0 Å². The van der Waals surface area contributed by atoms with Crippen LogP contribution in [0.15, 0.2) is 0 Å². The molecule has 0 aromatic heterocycles. The van der Waals surface area contributed by atoms with Crippen molar-refractivity contribution in [1.82, 2.24) is 9.44 Å². The molecule has 9 heteroatoms. The van der Waals surface area contributed by atoms with E-state index in [1.165, 1.54) is 6.92 Å². The minimum absolute atomic E-state index is 0.0213. The maximum atomic E-state index is 11.6. The van der Waals surface area contributed by atoms with Gasteiger partial charge in [-0.2, -0.15) is 0 Å². The van der Waals surface area contributed by atoms with Gasteiger partial charge < -0.3 is 9.44 Å². The van der Waals surface area contributed by atoms with Gasteiger partial charge >= 0.3 is 0 Å². The Morgan fingerprint density at radius 3 is 2.26 bits per heavy atom. The van der Waals surface area contributed by atoms with Crippen molar-refractivity contribution in [2.45, 2.75) is 26.2 Å². The molecule has 1 unspecified atom stereocenters.